The van der Waals surface area contributed by atoms with Crippen molar-refractivity contribution in [3.05, 3.63) is 158 Å². The number of hydrogen-bond donors (Lipinski definition) is 0. The Hall–Kier alpha value is -4.74. The quantitative estimate of drug-likeness (QED) is 0.168. The van der Waals surface area contributed by atoms with Crippen molar-refractivity contribution in [3.63, 3.8) is 0 Å². The molecule has 0 fully saturated rings. The van der Waals surface area contributed by atoms with Gasteiger partial charge in [-0.1, -0.05) is 127 Å². The van der Waals surface area contributed by atoms with Gasteiger partial charge in [0.2, 0.25) is 0 Å². The Morgan fingerprint density at radius 3 is 0.872 bits per heavy atom. The molecular formula is C42H26N4Yb. The van der Waals surface area contributed by atoms with Gasteiger partial charge in [-0.25, -0.2) is 19.9 Å². The van der Waals surface area contributed by atoms with Gasteiger partial charge in [0.05, 0.1) is 44.8 Å². The fourth-order valence-corrected chi connectivity index (χ4v) is 6.23. The summed E-state index contributed by atoms with van der Waals surface area (Å²) in [5, 5.41) is 4.27. The average molecular weight is 760 g/mol. The van der Waals surface area contributed by atoms with Crippen molar-refractivity contribution in [1.82, 2.24) is 19.9 Å². The molecule has 0 aliphatic carbocycles. The van der Waals surface area contributed by atoms with Crippen LogP contribution in [0.4, 0.5) is 0 Å². The Morgan fingerprint density at radius 2 is 0.532 bits per heavy atom. The van der Waals surface area contributed by atoms with Crippen molar-refractivity contribution >= 4 is 43.6 Å². The maximum absolute atomic E-state index is 5.18. The standard InChI is InChI=1S/C42H26N4.Yb/c1-3-8-27(9-4-1)35-22-18-29-14-16-31-20-24-37(45-41(31)39(29)43-35)33-12-7-13-34(26-33)38-25-21-32-17-15-30-19-23-36(28-10-5-2-6-11-28)44-40(30)42(32)46-38;/h1-26H;. The fourth-order valence-electron chi connectivity index (χ4n) is 6.23. The van der Waals surface area contributed by atoms with Gasteiger partial charge in [0.15, 0.2) is 0 Å². The second-order valence-electron chi connectivity index (χ2n) is 11.5. The normalized spacial score (nSPS) is 11.2. The van der Waals surface area contributed by atoms with Crippen LogP contribution >= 0.6 is 0 Å². The molecule has 0 radical (unpaired) electrons. The van der Waals surface area contributed by atoms with Gasteiger partial charge >= 0.3 is 0 Å². The zero-order valence-electron chi connectivity index (χ0n) is 25.1. The first-order chi connectivity index (χ1) is 22.8. The number of pyridine rings is 4. The van der Waals surface area contributed by atoms with E-state index < -0.39 is 0 Å². The van der Waals surface area contributed by atoms with E-state index in [2.05, 4.69) is 121 Å². The van der Waals surface area contributed by atoms with Crippen molar-refractivity contribution in [2.45, 2.75) is 0 Å². The zero-order valence-corrected chi connectivity index (χ0v) is 26.8. The van der Waals surface area contributed by atoms with Gasteiger partial charge in [-0.05, 0) is 30.3 Å². The van der Waals surface area contributed by atoms with Crippen LogP contribution < -0.4 is 0 Å². The molecule has 0 spiro atoms. The second-order valence-corrected chi connectivity index (χ2v) is 11.5. The Balaban J connectivity index is 0.00000324. The maximum Gasteiger partial charge on any atom is 0.0972 e. The largest absolute Gasteiger partial charge is 0.245 e. The molecule has 4 heterocycles. The Kier molecular flexibility index (Phi) is 7.86. The summed E-state index contributed by atoms with van der Waals surface area (Å²) in [6, 6.07) is 54.4. The van der Waals surface area contributed by atoms with Gasteiger partial charge in [0, 0.05) is 90.7 Å². The molecule has 4 nitrogen and oxygen atoms in total. The summed E-state index contributed by atoms with van der Waals surface area (Å²) in [6.45, 7) is 0. The van der Waals surface area contributed by atoms with Crippen molar-refractivity contribution in [2.24, 2.45) is 0 Å². The molecule has 0 atom stereocenters. The molecule has 0 saturated heterocycles. The van der Waals surface area contributed by atoms with E-state index in [0.29, 0.717) is 0 Å². The van der Waals surface area contributed by atoms with E-state index in [1.165, 1.54) is 0 Å². The molecule has 0 unspecified atom stereocenters. The molecule has 5 heteroatoms. The summed E-state index contributed by atoms with van der Waals surface area (Å²) in [5.41, 5.74) is 11.5. The number of aromatic nitrogens is 4. The Labute approximate surface area is 310 Å². The monoisotopic (exact) mass is 760 g/mol. The van der Waals surface area contributed by atoms with Crippen molar-refractivity contribution in [1.29, 1.82) is 0 Å². The smallest absolute Gasteiger partial charge is 0.0972 e. The van der Waals surface area contributed by atoms with E-state index in [9.17, 15) is 0 Å². The molecule has 0 bridgehead atoms. The molecule has 5 aromatic carbocycles. The molecule has 47 heavy (non-hydrogen) atoms. The Bertz CT molecular complexity index is 2410. The molecular weight excluding hydrogens is 734 g/mol. The van der Waals surface area contributed by atoms with E-state index in [4.69, 9.17) is 19.9 Å². The molecule has 9 aromatic rings. The summed E-state index contributed by atoms with van der Waals surface area (Å²) in [7, 11) is 0. The molecule has 4 aromatic heterocycles. The van der Waals surface area contributed by atoms with Crippen LogP contribution in [0.15, 0.2) is 158 Å². The van der Waals surface area contributed by atoms with Gasteiger partial charge in [-0.3, -0.25) is 0 Å². The predicted octanol–water partition coefficient (Wildman–Crippen LogP) is 10.5. The third kappa shape index (κ3) is 5.53. The van der Waals surface area contributed by atoms with Crippen LogP contribution in [0.3, 0.4) is 0 Å². The third-order valence-electron chi connectivity index (χ3n) is 8.63. The average Bonchev–Trinajstić information content (AvgIpc) is 3.14. The van der Waals surface area contributed by atoms with E-state index in [1.54, 1.807) is 0 Å². The summed E-state index contributed by atoms with van der Waals surface area (Å²) < 4.78 is 0. The van der Waals surface area contributed by atoms with Gasteiger partial charge < -0.3 is 0 Å². The van der Waals surface area contributed by atoms with E-state index in [1.807, 2.05) is 36.4 Å². The SMILES string of the molecule is [Yb].c1ccc(-c2ccc3ccc4ccc(-c5cccc(-c6ccc7ccc8ccc(-c9ccccc9)nc8c7n6)c5)nc4c3n2)cc1. The topological polar surface area (TPSA) is 51.6 Å². The van der Waals surface area contributed by atoms with Crippen LogP contribution in [0.2, 0.25) is 0 Å². The van der Waals surface area contributed by atoms with Gasteiger partial charge in [-0.2, -0.15) is 0 Å². The molecule has 9 rings (SSSR count). The van der Waals surface area contributed by atoms with Crippen LogP contribution in [0.1, 0.15) is 0 Å². The van der Waals surface area contributed by atoms with Crippen molar-refractivity contribution < 1.29 is 46.9 Å². The van der Waals surface area contributed by atoms with Crippen LogP contribution in [0.5, 0.6) is 0 Å². The fraction of sp³-hybridized carbons (Fsp3) is 0. The summed E-state index contributed by atoms with van der Waals surface area (Å²) in [5.74, 6) is 0. The Morgan fingerprint density at radius 1 is 0.255 bits per heavy atom. The molecule has 0 aliphatic rings. The minimum Gasteiger partial charge on any atom is -0.245 e. The summed E-state index contributed by atoms with van der Waals surface area (Å²) in [6.07, 6.45) is 0. The molecule has 0 N–H and O–H groups in total. The van der Waals surface area contributed by atoms with Crippen molar-refractivity contribution in [3.8, 4) is 45.0 Å². The second kappa shape index (κ2) is 12.5. The maximum atomic E-state index is 5.18. The molecule has 0 saturated carbocycles. The van der Waals surface area contributed by atoms with Crippen LogP contribution in [0, 0.1) is 46.9 Å². The predicted molar refractivity (Wildman–Crippen MR) is 189 cm³/mol. The third-order valence-corrected chi connectivity index (χ3v) is 8.63. The van der Waals surface area contributed by atoms with Gasteiger partial charge in [0.1, 0.15) is 0 Å². The zero-order chi connectivity index (χ0) is 30.5. The minimum absolute atomic E-state index is 0. The number of benzene rings is 5. The first-order valence-corrected chi connectivity index (χ1v) is 15.4. The first-order valence-electron chi connectivity index (χ1n) is 15.4. The van der Waals surface area contributed by atoms with E-state index in [0.717, 1.165) is 88.6 Å². The number of rotatable bonds is 4. The molecule has 228 valence electrons. The van der Waals surface area contributed by atoms with Gasteiger partial charge in [0.25, 0.3) is 0 Å². The molecule has 0 amide bonds. The number of hydrogen-bond acceptors (Lipinski definition) is 4. The first kappa shape index (κ1) is 29.6. The van der Waals surface area contributed by atoms with Crippen LogP contribution in [0.25, 0.3) is 88.6 Å². The summed E-state index contributed by atoms with van der Waals surface area (Å²) in [4.78, 5) is 20.5. The van der Waals surface area contributed by atoms with Crippen molar-refractivity contribution in [2.75, 3.05) is 0 Å². The van der Waals surface area contributed by atoms with E-state index in [-0.39, 0.29) is 46.9 Å². The van der Waals surface area contributed by atoms with Crippen LogP contribution in [-0.2, 0) is 0 Å². The number of nitrogens with zero attached hydrogens (tertiary/aromatic N) is 4. The van der Waals surface area contributed by atoms with Crippen LogP contribution in [-0.4, -0.2) is 19.9 Å². The number of fused-ring (bicyclic) bond motifs is 6. The van der Waals surface area contributed by atoms with Gasteiger partial charge in [-0.15, -0.1) is 0 Å². The molecule has 0 aliphatic heterocycles. The summed E-state index contributed by atoms with van der Waals surface area (Å²) >= 11 is 0. The van der Waals surface area contributed by atoms with E-state index >= 15 is 0 Å². The minimum atomic E-state index is 0.